The molecule has 0 unspecified atom stereocenters. The molecule has 6 heteroatoms. The molecule has 0 saturated carbocycles. The lowest BCUT2D eigenvalue weighted by atomic mass is 10.1. The molecule has 1 N–H and O–H groups in total. The zero-order valence-electron chi connectivity index (χ0n) is 14.8. The summed E-state index contributed by atoms with van der Waals surface area (Å²) in [6.07, 6.45) is 3.02. The van der Waals surface area contributed by atoms with Crippen LogP contribution < -0.4 is 15.0 Å². The Hall–Kier alpha value is -3.67. The van der Waals surface area contributed by atoms with Crippen LogP contribution in [-0.4, -0.2) is 24.5 Å². The van der Waals surface area contributed by atoms with Gasteiger partial charge in [0.1, 0.15) is 17.9 Å². The van der Waals surface area contributed by atoms with Gasteiger partial charge in [0.05, 0.1) is 5.69 Å². The van der Waals surface area contributed by atoms with Crippen LogP contribution in [0.3, 0.4) is 0 Å². The highest BCUT2D eigenvalue weighted by Crippen LogP contribution is 2.27. The van der Waals surface area contributed by atoms with Crippen LogP contribution in [0.25, 0.3) is 6.08 Å². The van der Waals surface area contributed by atoms with Gasteiger partial charge in [-0.25, -0.2) is 9.69 Å². The Morgan fingerprint density at radius 1 is 1.07 bits per heavy atom. The second-order valence-corrected chi connectivity index (χ2v) is 5.88. The van der Waals surface area contributed by atoms with Crippen molar-refractivity contribution >= 4 is 29.6 Å². The van der Waals surface area contributed by atoms with Crippen molar-refractivity contribution in [2.45, 2.75) is 6.92 Å². The van der Waals surface area contributed by atoms with Crippen LogP contribution in [0.1, 0.15) is 11.1 Å². The zero-order valence-corrected chi connectivity index (χ0v) is 14.8. The fourth-order valence-corrected chi connectivity index (χ4v) is 2.73. The van der Waals surface area contributed by atoms with Gasteiger partial charge in [-0.1, -0.05) is 49.1 Å². The fraction of sp³-hybridized carbons (Fsp3) is 0.0952. The molecule has 0 bridgehead atoms. The minimum absolute atomic E-state index is 0.146. The number of nitrogens with zero attached hydrogens (tertiary/aromatic N) is 1. The Bertz CT molecular complexity index is 962. The number of nitrogens with one attached hydrogen (secondary N) is 1. The number of urea groups is 1. The third-order valence-electron chi connectivity index (χ3n) is 4.03. The Morgan fingerprint density at radius 3 is 2.52 bits per heavy atom. The summed E-state index contributed by atoms with van der Waals surface area (Å²) in [6.45, 7) is 5.67. The maximum absolute atomic E-state index is 12.9. The number of para-hydroxylation sites is 2. The monoisotopic (exact) mass is 362 g/mol. The molecule has 0 aliphatic carbocycles. The number of aryl methyl sites for hydroxylation is 1. The molecule has 136 valence electrons. The van der Waals surface area contributed by atoms with E-state index in [1.807, 2.05) is 0 Å². The van der Waals surface area contributed by atoms with Crippen molar-refractivity contribution in [2.75, 3.05) is 11.5 Å². The van der Waals surface area contributed by atoms with E-state index < -0.39 is 17.8 Å². The van der Waals surface area contributed by atoms with Crippen molar-refractivity contribution in [3.63, 3.8) is 0 Å². The van der Waals surface area contributed by atoms with E-state index in [0.717, 1.165) is 10.5 Å². The summed E-state index contributed by atoms with van der Waals surface area (Å²) in [5.41, 5.74) is 1.57. The summed E-state index contributed by atoms with van der Waals surface area (Å²) in [6, 6.07) is 13.2. The van der Waals surface area contributed by atoms with Gasteiger partial charge in [0.2, 0.25) is 0 Å². The SMILES string of the molecule is C=CCOc1ccccc1/C=C1\C(=O)NC(=O)N(c2ccccc2C)C1=O. The number of hydrogen-bond acceptors (Lipinski definition) is 4. The van der Waals surface area contributed by atoms with Gasteiger partial charge in [-0.15, -0.1) is 0 Å². The number of barbiturate groups is 1. The molecule has 0 radical (unpaired) electrons. The summed E-state index contributed by atoms with van der Waals surface area (Å²) in [4.78, 5) is 38.5. The summed E-state index contributed by atoms with van der Waals surface area (Å²) >= 11 is 0. The molecule has 1 aliphatic heterocycles. The highest BCUT2D eigenvalue weighted by atomic mass is 16.5. The maximum atomic E-state index is 12.9. The number of benzene rings is 2. The molecule has 2 aromatic rings. The lowest BCUT2D eigenvalue weighted by Crippen LogP contribution is -2.54. The fourth-order valence-electron chi connectivity index (χ4n) is 2.73. The van der Waals surface area contributed by atoms with E-state index in [0.29, 0.717) is 17.0 Å². The van der Waals surface area contributed by atoms with Gasteiger partial charge in [0.15, 0.2) is 0 Å². The molecule has 6 nitrogen and oxygen atoms in total. The summed E-state index contributed by atoms with van der Waals surface area (Å²) < 4.78 is 5.56. The third kappa shape index (κ3) is 3.64. The Kier molecular flexibility index (Phi) is 5.17. The first-order chi connectivity index (χ1) is 13.0. The minimum atomic E-state index is -0.771. The van der Waals surface area contributed by atoms with Crippen molar-refractivity contribution in [3.05, 3.63) is 77.9 Å². The van der Waals surface area contributed by atoms with Gasteiger partial charge >= 0.3 is 6.03 Å². The second-order valence-electron chi connectivity index (χ2n) is 5.88. The van der Waals surface area contributed by atoms with Crippen LogP contribution in [0, 0.1) is 6.92 Å². The Labute approximate surface area is 156 Å². The van der Waals surface area contributed by atoms with Crippen LogP contribution in [0.2, 0.25) is 0 Å². The average Bonchev–Trinajstić information content (AvgIpc) is 2.65. The molecule has 2 aromatic carbocycles. The van der Waals surface area contributed by atoms with Gasteiger partial charge in [-0.05, 0) is 30.7 Å². The smallest absolute Gasteiger partial charge is 0.335 e. The normalized spacial score (nSPS) is 15.7. The predicted molar refractivity (Wildman–Crippen MR) is 102 cm³/mol. The molecule has 0 atom stereocenters. The standard InChI is InChI=1S/C21H18N2O4/c1-3-12-27-18-11-7-5-9-15(18)13-16-19(24)22-21(26)23(20(16)25)17-10-6-4-8-14(17)2/h3-11,13H,1,12H2,2H3,(H,22,24,26)/b16-13+. The maximum Gasteiger partial charge on any atom is 0.335 e. The van der Waals surface area contributed by atoms with E-state index in [2.05, 4.69) is 11.9 Å². The van der Waals surface area contributed by atoms with E-state index in [4.69, 9.17) is 4.74 Å². The van der Waals surface area contributed by atoms with E-state index in [-0.39, 0.29) is 12.2 Å². The van der Waals surface area contributed by atoms with Crippen LogP contribution >= 0.6 is 0 Å². The number of amides is 4. The van der Waals surface area contributed by atoms with E-state index in [1.54, 1.807) is 61.5 Å². The quantitative estimate of drug-likeness (QED) is 0.503. The molecule has 4 amide bonds. The number of hydrogen-bond donors (Lipinski definition) is 1. The lowest BCUT2D eigenvalue weighted by molar-refractivity contribution is -0.122. The van der Waals surface area contributed by atoms with Crippen molar-refractivity contribution in [2.24, 2.45) is 0 Å². The highest BCUT2D eigenvalue weighted by Gasteiger charge is 2.37. The highest BCUT2D eigenvalue weighted by molar-refractivity contribution is 6.39. The number of carbonyl (C=O) groups is 3. The second kappa shape index (κ2) is 7.70. The molecule has 1 saturated heterocycles. The molecular formula is C21H18N2O4. The minimum Gasteiger partial charge on any atom is -0.489 e. The van der Waals surface area contributed by atoms with Crippen molar-refractivity contribution in [1.82, 2.24) is 5.32 Å². The molecule has 1 heterocycles. The predicted octanol–water partition coefficient (Wildman–Crippen LogP) is 3.23. The molecule has 1 aliphatic rings. The molecular weight excluding hydrogens is 344 g/mol. The van der Waals surface area contributed by atoms with Gasteiger partial charge < -0.3 is 4.74 Å². The number of rotatable bonds is 5. The van der Waals surface area contributed by atoms with Crippen LogP contribution in [-0.2, 0) is 9.59 Å². The largest absolute Gasteiger partial charge is 0.489 e. The molecule has 3 rings (SSSR count). The van der Waals surface area contributed by atoms with Gasteiger partial charge in [-0.2, -0.15) is 0 Å². The topological polar surface area (TPSA) is 75.7 Å². The molecule has 0 spiro atoms. The first-order valence-corrected chi connectivity index (χ1v) is 8.32. The lowest BCUT2D eigenvalue weighted by Gasteiger charge is -2.27. The number of ether oxygens (including phenoxy) is 1. The summed E-state index contributed by atoms with van der Waals surface area (Å²) in [7, 11) is 0. The van der Waals surface area contributed by atoms with Crippen LogP contribution in [0.5, 0.6) is 5.75 Å². The molecule has 1 fully saturated rings. The van der Waals surface area contributed by atoms with Gasteiger partial charge in [0, 0.05) is 5.56 Å². The third-order valence-corrected chi connectivity index (χ3v) is 4.03. The Balaban J connectivity index is 2.03. The molecule has 27 heavy (non-hydrogen) atoms. The van der Waals surface area contributed by atoms with E-state index in [1.165, 1.54) is 6.08 Å². The first kappa shape index (κ1) is 18.1. The number of carbonyl (C=O) groups excluding carboxylic acids is 3. The zero-order chi connectivity index (χ0) is 19.4. The van der Waals surface area contributed by atoms with E-state index in [9.17, 15) is 14.4 Å². The van der Waals surface area contributed by atoms with Crippen molar-refractivity contribution in [3.8, 4) is 5.75 Å². The summed E-state index contributed by atoms with van der Waals surface area (Å²) in [5.74, 6) is -0.922. The number of imide groups is 2. The van der Waals surface area contributed by atoms with Crippen molar-refractivity contribution in [1.29, 1.82) is 0 Å². The first-order valence-electron chi connectivity index (χ1n) is 8.32. The van der Waals surface area contributed by atoms with Gasteiger partial charge in [0.25, 0.3) is 11.8 Å². The van der Waals surface area contributed by atoms with Crippen molar-refractivity contribution < 1.29 is 19.1 Å². The average molecular weight is 362 g/mol. The summed E-state index contributed by atoms with van der Waals surface area (Å²) in [5, 5.41) is 2.22. The van der Waals surface area contributed by atoms with E-state index >= 15 is 0 Å². The molecule has 0 aromatic heterocycles. The van der Waals surface area contributed by atoms with Crippen LogP contribution in [0.4, 0.5) is 10.5 Å². The number of anilines is 1. The van der Waals surface area contributed by atoms with Crippen LogP contribution in [0.15, 0.2) is 66.8 Å². The van der Waals surface area contributed by atoms with Gasteiger partial charge in [-0.3, -0.25) is 14.9 Å². The Morgan fingerprint density at radius 2 is 1.78 bits per heavy atom.